The van der Waals surface area contributed by atoms with E-state index >= 15 is 0 Å². The molecule has 1 aromatic heterocycles. The fourth-order valence-corrected chi connectivity index (χ4v) is 2.12. The summed E-state index contributed by atoms with van der Waals surface area (Å²) in [4.78, 5) is 27.9. The summed E-state index contributed by atoms with van der Waals surface area (Å²) in [7, 11) is 0. The highest BCUT2D eigenvalue weighted by Crippen LogP contribution is 2.27. The number of aliphatic carboxylic acids is 1. The highest BCUT2D eigenvalue weighted by molar-refractivity contribution is 6.33. The number of pyridine rings is 1. The van der Waals surface area contributed by atoms with Gasteiger partial charge in [-0.3, -0.25) is 9.78 Å². The van der Waals surface area contributed by atoms with Crippen LogP contribution in [0.15, 0.2) is 18.5 Å². The molecule has 2 rings (SSSR count). The molecule has 0 unspecified atom stereocenters. The first-order valence-electron chi connectivity index (χ1n) is 5.66. The van der Waals surface area contributed by atoms with Gasteiger partial charge in [0.25, 0.3) is 5.91 Å². The average Bonchev–Trinajstić information content (AvgIpc) is 2.33. The lowest BCUT2D eigenvalue weighted by Crippen LogP contribution is -2.63. The van der Waals surface area contributed by atoms with Crippen LogP contribution in [-0.2, 0) is 9.53 Å². The van der Waals surface area contributed by atoms with Gasteiger partial charge in [-0.15, -0.1) is 0 Å². The van der Waals surface area contributed by atoms with Gasteiger partial charge in [-0.05, 0) is 13.0 Å². The number of aromatic nitrogens is 1. The van der Waals surface area contributed by atoms with Crippen molar-refractivity contribution in [3.05, 3.63) is 29.0 Å². The van der Waals surface area contributed by atoms with Crippen LogP contribution in [0.1, 0.15) is 17.3 Å². The van der Waals surface area contributed by atoms with E-state index < -0.39 is 11.6 Å². The summed E-state index contributed by atoms with van der Waals surface area (Å²) in [5.41, 5.74) is -0.271. The van der Waals surface area contributed by atoms with Gasteiger partial charge < -0.3 is 14.7 Å². The summed E-state index contributed by atoms with van der Waals surface area (Å²) in [5.74, 6) is -1.25. The Bertz CT molecular complexity index is 514. The third kappa shape index (κ3) is 3.02. The highest BCUT2D eigenvalue weighted by Gasteiger charge is 2.43. The van der Waals surface area contributed by atoms with Crippen molar-refractivity contribution in [1.29, 1.82) is 0 Å². The maximum atomic E-state index is 12.1. The lowest BCUT2D eigenvalue weighted by Gasteiger charge is -2.47. The lowest BCUT2D eigenvalue weighted by atomic mass is 9.95. The van der Waals surface area contributed by atoms with Crippen LogP contribution in [0.4, 0.5) is 0 Å². The molecule has 19 heavy (non-hydrogen) atoms. The van der Waals surface area contributed by atoms with Crippen LogP contribution in [0, 0.1) is 0 Å². The van der Waals surface area contributed by atoms with E-state index in [4.69, 9.17) is 21.4 Å². The van der Waals surface area contributed by atoms with Gasteiger partial charge in [0.2, 0.25) is 0 Å². The molecule has 102 valence electrons. The van der Waals surface area contributed by atoms with E-state index in [-0.39, 0.29) is 12.5 Å². The smallest absolute Gasteiger partial charge is 0.329 e. The summed E-state index contributed by atoms with van der Waals surface area (Å²) >= 11 is 5.92. The number of carbonyl (C=O) groups is 2. The fourth-order valence-electron chi connectivity index (χ4n) is 1.94. The molecule has 1 fully saturated rings. The monoisotopic (exact) mass is 284 g/mol. The second-order valence-corrected chi connectivity index (χ2v) is 5.06. The molecule has 0 bridgehead atoms. The maximum absolute atomic E-state index is 12.1. The second kappa shape index (κ2) is 5.14. The summed E-state index contributed by atoms with van der Waals surface area (Å²) in [5, 5.41) is 8.90. The van der Waals surface area contributed by atoms with Crippen molar-refractivity contribution < 1.29 is 19.4 Å². The molecule has 0 radical (unpaired) electrons. The molecular formula is C12H13ClN2O4. The van der Waals surface area contributed by atoms with Crippen LogP contribution in [0.2, 0.25) is 5.02 Å². The van der Waals surface area contributed by atoms with Gasteiger partial charge in [0.15, 0.2) is 0 Å². The quantitative estimate of drug-likeness (QED) is 0.894. The standard InChI is InChI=1S/C12H13ClN2O4/c1-12(19-5-10(16)17)6-15(7-12)11(18)8-4-14-3-2-9(8)13/h2-4H,5-7H2,1H3,(H,16,17). The largest absolute Gasteiger partial charge is 0.480 e. The Kier molecular flexibility index (Phi) is 3.73. The molecule has 0 aliphatic carbocycles. The molecule has 2 heterocycles. The summed E-state index contributed by atoms with van der Waals surface area (Å²) in [6.07, 6.45) is 2.92. The van der Waals surface area contributed by atoms with Gasteiger partial charge in [-0.25, -0.2) is 4.79 Å². The van der Waals surface area contributed by atoms with E-state index in [0.717, 1.165) is 0 Å². The number of hydrogen-bond acceptors (Lipinski definition) is 4. The van der Waals surface area contributed by atoms with E-state index in [1.54, 1.807) is 17.9 Å². The van der Waals surface area contributed by atoms with E-state index in [1.807, 2.05) is 0 Å². The first kappa shape index (κ1) is 13.8. The summed E-state index contributed by atoms with van der Waals surface area (Å²) in [6.45, 7) is 2.07. The Morgan fingerprint density at radius 3 is 2.84 bits per heavy atom. The molecule has 1 N–H and O–H groups in total. The maximum Gasteiger partial charge on any atom is 0.329 e. The topological polar surface area (TPSA) is 79.7 Å². The molecule has 1 aliphatic heterocycles. The van der Waals surface area contributed by atoms with Crippen molar-refractivity contribution in [2.24, 2.45) is 0 Å². The van der Waals surface area contributed by atoms with Crippen molar-refractivity contribution >= 4 is 23.5 Å². The van der Waals surface area contributed by atoms with Crippen molar-refractivity contribution in [3.8, 4) is 0 Å². The number of hydrogen-bond donors (Lipinski definition) is 1. The number of carboxylic acids is 1. The van der Waals surface area contributed by atoms with Crippen LogP contribution >= 0.6 is 11.6 Å². The van der Waals surface area contributed by atoms with Gasteiger partial charge in [0.1, 0.15) is 12.2 Å². The van der Waals surface area contributed by atoms with Crippen molar-refractivity contribution in [2.75, 3.05) is 19.7 Å². The molecule has 1 saturated heterocycles. The lowest BCUT2D eigenvalue weighted by molar-refractivity contribution is -0.159. The van der Waals surface area contributed by atoms with Gasteiger partial charge in [0, 0.05) is 12.4 Å². The van der Waals surface area contributed by atoms with Crippen LogP contribution in [-0.4, -0.2) is 52.2 Å². The molecule has 0 aromatic carbocycles. The fraction of sp³-hybridized carbons (Fsp3) is 0.417. The number of rotatable bonds is 4. The van der Waals surface area contributed by atoms with E-state index in [0.29, 0.717) is 23.7 Å². The van der Waals surface area contributed by atoms with E-state index in [2.05, 4.69) is 4.98 Å². The van der Waals surface area contributed by atoms with Crippen molar-refractivity contribution in [2.45, 2.75) is 12.5 Å². The number of amides is 1. The third-order valence-corrected chi connectivity index (χ3v) is 3.21. The Morgan fingerprint density at radius 1 is 1.58 bits per heavy atom. The molecule has 0 saturated carbocycles. The SMILES string of the molecule is CC1(OCC(=O)O)CN(C(=O)c2cnccc2Cl)C1. The zero-order chi connectivity index (χ0) is 14.0. The number of carboxylic acid groups (broad SMARTS) is 1. The molecular weight excluding hydrogens is 272 g/mol. The number of halogens is 1. The van der Waals surface area contributed by atoms with Crippen LogP contribution in [0.3, 0.4) is 0 Å². The van der Waals surface area contributed by atoms with E-state index in [9.17, 15) is 9.59 Å². The Morgan fingerprint density at radius 2 is 2.26 bits per heavy atom. The predicted molar refractivity (Wildman–Crippen MR) is 67.1 cm³/mol. The van der Waals surface area contributed by atoms with Crippen LogP contribution in [0.25, 0.3) is 0 Å². The average molecular weight is 285 g/mol. The first-order valence-corrected chi connectivity index (χ1v) is 6.04. The zero-order valence-corrected chi connectivity index (χ0v) is 11.1. The normalized spacial score (nSPS) is 16.8. The number of nitrogens with zero attached hydrogens (tertiary/aromatic N) is 2. The minimum atomic E-state index is -1.03. The minimum Gasteiger partial charge on any atom is -0.480 e. The summed E-state index contributed by atoms with van der Waals surface area (Å²) in [6, 6.07) is 1.55. The Balaban J connectivity index is 1.95. The van der Waals surface area contributed by atoms with Crippen molar-refractivity contribution in [3.63, 3.8) is 0 Å². The van der Waals surface area contributed by atoms with E-state index in [1.165, 1.54) is 12.4 Å². The highest BCUT2D eigenvalue weighted by atomic mass is 35.5. The minimum absolute atomic E-state index is 0.227. The number of ether oxygens (including phenoxy) is 1. The summed E-state index contributed by atoms with van der Waals surface area (Å²) < 4.78 is 5.23. The second-order valence-electron chi connectivity index (χ2n) is 4.65. The molecule has 6 nitrogen and oxygen atoms in total. The van der Waals surface area contributed by atoms with Crippen LogP contribution in [0.5, 0.6) is 0 Å². The van der Waals surface area contributed by atoms with Gasteiger partial charge in [0.05, 0.1) is 23.7 Å². The molecule has 0 spiro atoms. The molecule has 1 aliphatic rings. The Labute approximate surface area is 114 Å². The molecule has 7 heteroatoms. The number of carbonyl (C=O) groups excluding carboxylic acids is 1. The van der Waals surface area contributed by atoms with Gasteiger partial charge >= 0.3 is 5.97 Å². The first-order chi connectivity index (χ1) is 8.91. The van der Waals surface area contributed by atoms with Crippen molar-refractivity contribution in [1.82, 2.24) is 9.88 Å². The van der Waals surface area contributed by atoms with Gasteiger partial charge in [-0.2, -0.15) is 0 Å². The number of likely N-dealkylation sites (tertiary alicyclic amines) is 1. The predicted octanol–water partition coefficient (Wildman–Crippen LogP) is 1.05. The third-order valence-electron chi connectivity index (χ3n) is 2.88. The molecule has 1 aromatic rings. The van der Waals surface area contributed by atoms with Gasteiger partial charge in [-0.1, -0.05) is 11.6 Å². The molecule has 1 amide bonds. The zero-order valence-electron chi connectivity index (χ0n) is 10.3. The van der Waals surface area contributed by atoms with Crippen LogP contribution < -0.4 is 0 Å². The Hall–Kier alpha value is -1.66. The molecule has 0 atom stereocenters.